The van der Waals surface area contributed by atoms with Gasteiger partial charge in [-0.3, -0.25) is 18.7 Å². The third-order valence-corrected chi connectivity index (χ3v) is 5.77. The van der Waals surface area contributed by atoms with Gasteiger partial charge < -0.3 is 9.67 Å². The van der Waals surface area contributed by atoms with Crippen LogP contribution in [0.15, 0.2) is 58.3 Å². The smallest absolute Gasteiger partial charge is 0.336 e. The molecule has 0 spiro atoms. The Morgan fingerprint density at radius 1 is 1.06 bits per heavy atom. The van der Waals surface area contributed by atoms with Crippen molar-refractivity contribution in [2.24, 2.45) is 13.0 Å². The van der Waals surface area contributed by atoms with E-state index in [-0.39, 0.29) is 19.4 Å². The molecule has 2 aromatic carbocycles. The van der Waals surface area contributed by atoms with E-state index in [1.807, 2.05) is 48.1 Å². The van der Waals surface area contributed by atoms with Crippen molar-refractivity contribution in [1.82, 2.24) is 13.7 Å². The minimum absolute atomic E-state index is 0.0218. The third-order valence-electron chi connectivity index (χ3n) is 5.77. The van der Waals surface area contributed by atoms with E-state index in [9.17, 15) is 14.4 Å². The number of aliphatic carboxylic acids is 1. The Balaban J connectivity index is 1.99. The molecule has 0 unspecified atom stereocenters. The number of carboxylic acids is 1. The molecule has 0 atom stereocenters. The molecule has 4 rings (SSSR count). The number of fused-ring (bicyclic) bond motifs is 2. The molecular weight excluding hydrogens is 430 g/mol. The number of hydrogen-bond acceptors (Lipinski definition) is 3. The molecule has 1 N–H and O–H groups in total. The van der Waals surface area contributed by atoms with Gasteiger partial charge in [-0.25, -0.2) is 4.79 Å². The van der Waals surface area contributed by atoms with Crippen LogP contribution in [0.3, 0.4) is 0 Å². The fourth-order valence-corrected chi connectivity index (χ4v) is 4.11. The molecule has 0 radical (unpaired) electrons. The number of benzene rings is 2. The van der Waals surface area contributed by atoms with E-state index in [0.29, 0.717) is 28.1 Å². The highest BCUT2D eigenvalue weighted by atomic mass is 16.4. The number of carbonyl (C=O) groups is 1. The molecule has 0 aliphatic rings. The van der Waals surface area contributed by atoms with Crippen LogP contribution in [-0.4, -0.2) is 24.8 Å². The number of hydrogen-bond donors (Lipinski definition) is 1. The zero-order valence-corrected chi connectivity index (χ0v) is 19.5. The number of aryl methyl sites for hydroxylation is 1. The van der Waals surface area contributed by atoms with Gasteiger partial charge in [-0.05, 0) is 36.6 Å². The Morgan fingerprint density at radius 2 is 1.82 bits per heavy atom. The van der Waals surface area contributed by atoms with Gasteiger partial charge in [0.1, 0.15) is 0 Å². The number of aromatic nitrogens is 3. The van der Waals surface area contributed by atoms with Crippen LogP contribution >= 0.6 is 0 Å². The number of rotatable bonds is 6. The predicted octanol–water partition coefficient (Wildman–Crippen LogP) is 3.91. The predicted molar refractivity (Wildman–Crippen MR) is 133 cm³/mol. The highest BCUT2D eigenvalue weighted by Gasteiger charge is 2.18. The first-order valence-corrected chi connectivity index (χ1v) is 11.3. The topological polar surface area (TPSA) is 86.2 Å². The van der Waals surface area contributed by atoms with Crippen LogP contribution in [0, 0.1) is 17.8 Å². The van der Waals surface area contributed by atoms with Gasteiger partial charge in [0.2, 0.25) is 0 Å². The molecule has 4 aromatic rings. The summed E-state index contributed by atoms with van der Waals surface area (Å²) in [6.07, 6.45) is 2.67. The standard InChI is InChI=1S/C27H27N3O4/c1-18(2)8-6-9-19-13-14-23-21(16-19)26(33)29(15-7-12-25(31)32)27(34)30(23)24-17-28(3)22-11-5-4-10-20(22)24/h4-5,10-11,13-14,16-18H,7-8,12,15H2,1-3H3,(H,31,32). The minimum atomic E-state index is -0.967. The summed E-state index contributed by atoms with van der Waals surface area (Å²) >= 11 is 0. The van der Waals surface area contributed by atoms with Gasteiger partial charge >= 0.3 is 11.7 Å². The first kappa shape index (κ1) is 23.1. The molecule has 174 valence electrons. The lowest BCUT2D eigenvalue weighted by Gasteiger charge is -2.14. The number of para-hydroxylation sites is 1. The monoisotopic (exact) mass is 457 g/mol. The maximum absolute atomic E-state index is 13.6. The maximum Gasteiger partial charge on any atom is 0.336 e. The zero-order chi connectivity index (χ0) is 24.4. The highest BCUT2D eigenvalue weighted by Crippen LogP contribution is 2.25. The molecular formula is C27H27N3O4. The summed E-state index contributed by atoms with van der Waals surface area (Å²) in [6, 6.07) is 13.1. The quantitative estimate of drug-likeness (QED) is 0.445. The Bertz CT molecular complexity index is 1580. The molecule has 0 bridgehead atoms. The van der Waals surface area contributed by atoms with Crippen LogP contribution < -0.4 is 11.2 Å². The molecule has 0 amide bonds. The average Bonchev–Trinajstić information content (AvgIpc) is 3.12. The largest absolute Gasteiger partial charge is 0.481 e. The van der Waals surface area contributed by atoms with Gasteiger partial charge in [-0.2, -0.15) is 0 Å². The summed E-state index contributed by atoms with van der Waals surface area (Å²) in [4.78, 5) is 38.0. The van der Waals surface area contributed by atoms with E-state index in [1.54, 1.807) is 16.7 Å². The second-order valence-corrected chi connectivity index (χ2v) is 8.85. The summed E-state index contributed by atoms with van der Waals surface area (Å²) in [6.45, 7) is 4.20. The van der Waals surface area contributed by atoms with Crippen LogP contribution in [0.2, 0.25) is 0 Å². The van der Waals surface area contributed by atoms with Crippen molar-refractivity contribution in [3.05, 3.63) is 75.1 Å². The van der Waals surface area contributed by atoms with E-state index in [2.05, 4.69) is 25.7 Å². The van der Waals surface area contributed by atoms with Crippen molar-refractivity contribution in [2.75, 3.05) is 0 Å². The molecule has 0 aliphatic heterocycles. The normalized spacial score (nSPS) is 11.2. The van der Waals surface area contributed by atoms with Crippen LogP contribution in [0.25, 0.3) is 27.5 Å². The maximum atomic E-state index is 13.6. The number of carboxylic acid groups (broad SMARTS) is 1. The van der Waals surface area contributed by atoms with E-state index in [1.165, 1.54) is 0 Å². The van der Waals surface area contributed by atoms with Crippen LogP contribution in [0.5, 0.6) is 0 Å². The van der Waals surface area contributed by atoms with Crippen molar-refractivity contribution >= 4 is 27.8 Å². The van der Waals surface area contributed by atoms with Gasteiger partial charge in [0.05, 0.1) is 16.6 Å². The average molecular weight is 458 g/mol. The summed E-state index contributed by atoms with van der Waals surface area (Å²) in [7, 11) is 1.91. The molecule has 0 fully saturated rings. The van der Waals surface area contributed by atoms with Crippen molar-refractivity contribution < 1.29 is 9.90 Å². The van der Waals surface area contributed by atoms with Crippen LogP contribution in [0.4, 0.5) is 0 Å². The van der Waals surface area contributed by atoms with Gasteiger partial charge in [-0.1, -0.05) is 43.9 Å². The highest BCUT2D eigenvalue weighted by molar-refractivity contribution is 5.91. The first-order valence-electron chi connectivity index (χ1n) is 11.3. The van der Waals surface area contributed by atoms with Gasteiger partial charge in [0.25, 0.3) is 5.56 Å². The SMILES string of the molecule is CC(C)CC#Cc1ccc2c(c1)c(=O)n(CCCC(=O)O)c(=O)n2-c1cn(C)c2ccccc12. The van der Waals surface area contributed by atoms with Gasteiger partial charge in [0.15, 0.2) is 0 Å². The second-order valence-electron chi connectivity index (χ2n) is 8.85. The lowest BCUT2D eigenvalue weighted by molar-refractivity contribution is -0.137. The van der Waals surface area contributed by atoms with E-state index >= 15 is 0 Å². The molecule has 34 heavy (non-hydrogen) atoms. The third kappa shape index (κ3) is 4.40. The van der Waals surface area contributed by atoms with E-state index in [0.717, 1.165) is 21.9 Å². The minimum Gasteiger partial charge on any atom is -0.481 e. The van der Waals surface area contributed by atoms with Gasteiger partial charge in [-0.15, -0.1) is 0 Å². The lowest BCUT2D eigenvalue weighted by Crippen LogP contribution is -2.39. The van der Waals surface area contributed by atoms with Crippen molar-refractivity contribution in [3.63, 3.8) is 0 Å². The fourth-order valence-electron chi connectivity index (χ4n) is 4.11. The first-order chi connectivity index (χ1) is 16.3. The Labute approximate surface area is 196 Å². The summed E-state index contributed by atoms with van der Waals surface area (Å²) in [5.74, 6) is 5.72. The number of nitrogens with zero attached hydrogens (tertiary/aromatic N) is 3. The molecule has 0 saturated heterocycles. The molecule has 2 heterocycles. The summed E-state index contributed by atoms with van der Waals surface area (Å²) in [5, 5.41) is 10.3. The lowest BCUT2D eigenvalue weighted by atomic mass is 10.1. The van der Waals surface area contributed by atoms with Crippen molar-refractivity contribution in [2.45, 2.75) is 39.7 Å². The van der Waals surface area contributed by atoms with Crippen molar-refractivity contribution in [1.29, 1.82) is 0 Å². The van der Waals surface area contributed by atoms with Crippen molar-refractivity contribution in [3.8, 4) is 17.5 Å². The Kier molecular flexibility index (Phi) is 6.42. The van der Waals surface area contributed by atoms with E-state index in [4.69, 9.17) is 5.11 Å². The Hall–Kier alpha value is -4.05. The molecule has 0 saturated carbocycles. The second kappa shape index (κ2) is 9.44. The Morgan fingerprint density at radius 3 is 2.56 bits per heavy atom. The fraction of sp³-hybridized carbons (Fsp3) is 0.296. The molecule has 2 aromatic heterocycles. The molecule has 7 nitrogen and oxygen atoms in total. The molecule has 0 aliphatic carbocycles. The van der Waals surface area contributed by atoms with Gasteiger partial charge in [0, 0.05) is 49.1 Å². The van der Waals surface area contributed by atoms with E-state index < -0.39 is 17.2 Å². The summed E-state index contributed by atoms with van der Waals surface area (Å²) in [5.41, 5.74) is 1.89. The summed E-state index contributed by atoms with van der Waals surface area (Å²) < 4.78 is 4.62. The molecule has 7 heteroatoms. The zero-order valence-electron chi connectivity index (χ0n) is 19.5. The van der Waals surface area contributed by atoms with Crippen LogP contribution in [0.1, 0.15) is 38.7 Å². The van der Waals surface area contributed by atoms with Crippen LogP contribution in [-0.2, 0) is 18.4 Å².